The van der Waals surface area contributed by atoms with E-state index in [4.69, 9.17) is 9.47 Å². The van der Waals surface area contributed by atoms with E-state index in [0.717, 1.165) is 19.3 Å². The molecule has 244 valence electrons. The number of hydrogen-bond donors (Lipinski definition) is 1. The van der Waals surface area contributed by atoms with Gasteiger partial charge in [-0.3, -0.25) is 0 Å². The molecule has 0 unspecified atom stereocenters. The van der Waals surface area contributed by atoms with E-state index in [1.54, 1.807) is 0 Å². The number of rotatable bonds is 34. The van der Waals surface area contributed by atoms with Crippen LogP contribution < -0.4 is 0 Å². The Balaban J connectivity index is 3.45. The minimum Gasteiger partial charge on any atom is -0.454 e. The van der Waals surface area contributed by atoms with Gasteiger partial charge >= 0.3 is 5.97 Å². The van der Waals surface area contributed by atoms with E-state index in [0.29, 0.717) is 6.61 Å². The molecule has 0 saturated heterocycles. The highest BCUT2D eigenvalue weighted by Gasteiger charge is 2.11. The fraction of sp³-hybridized carbons (Fsp3) is 0.919. The molecule has 4 heteroatoms. The molecule has 1 atom stereocenters. The highest BCUT2D eigenvalue weighted by atomic mass is 16.6. The maximum absolute atomic E-state index is 12.0. The summed E-state index contributed by atoms with van der Waals surface area (Å²) in [6.07, 6.45) is 40.0. The number of ether oxygens (including phenoxy) is 2. The van der Waals surface area contributed by atoms with Crippen LogP contribution in [0.4, 0.5) is 0 Å². The fourth-order valence-electron chi connectivity index (χ4n) is 5.40. The van der Waals surface area contributed by atoms with Crippen molar-refractivity contribution in [2.24, 2.45) is 0 Å². The highest BCUT2D eigenvalue weighted by Crippen LogP contribution is 2.14. The zero-order valence-electron chi connectivity index (χ0n) is 27.8. The zero-order valence-corrected chi connectivity index (χ0v) is 27.8. The van der Waals surface area contributed by atoms with Crippen molar-refractivity contribution in [2.45, 2.75) is 200 Å². The van der Waals surface area contributed by atoms with Crippen molar-refractivity contribution in [3.05, 3.63) is 12.2 Å². The number of allylic oxidation sites excluding steroid dienone is 1. The number of carbonyl (C=O) groups excluding carboxylic acids is 1. The van der Waals surface area contributed by atoms with Gasteiger partial charge in [0, 0.05) is 12.7 Å². The molecule has 0 rings (SSSR count). The summed E-state index contributed by atoms with van der Waals surface area (Å²) in [4.78, 5) is 12.0. The smallest absolute Gasteiger partial charge is 0.330 e. The Morgan fingerprint density at radius 2 is 0.927 bits per heavy atom. The molecule has 0 bridgehead atoms. The van der Waals surface area contributed by atoms with Gasteiger partial charge in [-0.2, -0.15) is 0 Å². The number of aliphatic hydroxyl groups is 1. The molecule has 4 nitrogen and oxygen atoms in total. The average molecular weight is 581 g/mol. The molecule has 0 aliphatic heterocycles. The van der Waals surface area contributed by atoms with Gasteiger partial charge in [0.25, 0.3) is 0 Å². The first-order chi connectivity index (χ1) is 20.2. The van der Waals surface area contributed by atoms with Gasteiger partial charge in [0.1, 0.15) is 6.10 Å². The van der Waals surface area contributed by atoms with Crippen molar-refractivity contribution in [3.8, 4) is 0 Å². The van der Waals surface area contributed by atoms with E-state index in [9.17, 15) is 9.90 Å². The van der Waals surface area contributed by atoms with Crippen molar-refractivity contribution in [3.63, 3.8) is 0 Å². The second-order valence-electron chi connectivity index (χ2n) is 12.3. The van der Waals surface area contributed by atoms with Gasteiger partial charge in [-0.05, 0) is 19.3 Å². The minimum atomic E-state index is -0.574. The number of esters is 1. The molecule has 0 aromatic carbocycles. The summed E-state index contributed by atoms with van der Waals surface area (Å²) in [6, 6.07) is 0. The molecule has 0 fully saturated rings. The summed E-state index contributed by atoms with van der Waals surface area (Å²) in [7, 11) is 0. The second-order valence-corrected chi connectivity index (χ2v) is 12.3. The summed E-state index contributed by atoms with van der Waals surface area (Å²) >= 11 is 0. The highest BCUT2D eigenvalue weighted by molar-refractivity contribution is 5.82. The van der Waals surface area contributed by atoms with E-state index in [1.165, 1.54) is 167 Å². The predicted octanol–water partition coefficient (Wildman–Crippen LogP) is 11.4. The number of unbranched alkanes of at least 4 members (excludes halogenated alkanes) is 26. The standard InChI is InChI=1S/C37H72O4/c1-3-5-7-9-11-13-15-17-19-20-22-24-26-28-30-32-37(39)41-36(34-38)35-40-33-31-29-27-25-23-21-18-16-14-12-10-8-6-4-2/h30,32,36,38H,3-29,31,33-35H2,1-2H3/t36-/m0/s1. The molecular formula is C37H72O4. The van der Waals surface area contributed by atoms with Crippen LogP contribution in [0.3, 0.4) is 0 Å². The first kappa shape index (κ1) is 40.1. The lowest BCUT2D eigenvalue weighted by Crippen LogP contribution is -2.26. The maximum atomic E-state index is 12.0. The van der Waals surface area contributed by atoms with Gasteiger partial charge in [-0.1, -0.05) is 180 Å². The Bertz CT molecular complexity index is 533. The molecule has 41 heavy (non-hydrogen) atoms. The lowest BCUT2D eigenvalue weighted by Gasteiger charge is -2.14. The monoisotopic (exact) mass is 581 g/mol. The summed E-state index contributed by atoms with van der Waals surface area (Å²) in [5, 5.41) is 9.52. The third-order valence-corrected chi connectivity index (χ3v) is 8.16. The molecule has 0 aliphatic carbocycles. The topological polar surface area (TPSA) is 55.8 Å². The first-order valence-electron chi connectivity index (χ1n) is 18.3. The molecule has 0 saturated carbocycles. The molecule has 0 aromatic rings. The van der Waals surface area contributed by atoms with Gasteiger partial charge in [-0.25, -0.2) is 4.79 Å². The number of hydrogen-bond acceptors (Lipinski definition) is 4. The van der Waals surface area contributed by atoms with Crippen LogP contribution in [-0.4, -0.2) is 37.0 Å². The number of carbonyl (C=O) groups is 1. The molecule has 0 spiro atoms. The summed E-state index contributed by atoms with van der Waals surface area (Å²) in [5.74, 6) is -0.376. The lowest BCUT2D eigenvalue weighted by molar-refractivity contribution is -0.148. The van der Waals surface area contributed by atoms with Gasteiger partial charge in [-0.15, -0.1) is 0 Å². The maximum Gasteiger partial charge on any atom is 0.330 e. The molecular weight excluding hydrogens is 508 g/mol. The van der Waals surface area contributed by atoms with E-state index >= 15 is 0 Å². The third-order valence-electron chi connectivity index (χ3n) is 8.16. The zero-order chi connectivity index (χ0) is 29.9. The van der Waals surface area contributed by atoms with Crippen molar-refractivity contribution >= 4 is 5.97 Å². The Hall–Kier alpha value is -0.870. The van der Waals surface area contributed by atoms with E-state index in [-0.39, 0.29) is 19.2 Å². The van der Waals surface area contributed by atoms with Gasteiger partial charge in [0.05, 0.1) is 13.2 Å². The SMILES string of the molecule is CCCCCCCCCCCCCCCC=CC(=O)O[C@@H](CO)COCCCCCCCCCCCCCCCC. The van der Waals surface area contributed by atoms with Crippen molar-refractivity contribution in [1.29, 1.82) is 0 Å². The molecule has 0 aromatic heterocycles. The van der Waals surface area contributed by atoms with Crippen LogP contribution >= 0.6 is 0 Å². The van der Waals surface area contributed by atoms with Crippen LogP contribution in [0.15, 0.2) is 12.2 Å². The number of aliphatic hydroxyl groups excluding tert-OH is 1. The normalized spacial score (nSPS) is 12.4. The summed E-state index contributed by atoms with van der Waals surface area (Å²) in [6.45, 7) is 5.29. The van der Waals surface area contributed by atoms with E-state index < -0.39 is 6.10 Å². The predicted molar refractivity (Wildman–Crippen MR) is 178 cm³/mol. The summed E-state index contributed by atoms with van der Waals surface area (Å²) < 4.78 is 11.0. The Morgan fingerprint density at radius 3 is 1.32 bits per heavy atom. The molecule has 0 radical (unpaired) electrons. The largest absolute Gasteiger partial charge is 0.454 e. The quantitative estimate of drug-likeness (QED) is 0.0467. The van der Waals surface area contributed by atoms with Crippen LogP contribution in [0.1, 0.15) is 194 Å². The van der Waals surface area contributed by atoms with Crippen LogP contribution in [0.5, 0.6) is 0 Å². The Labute approximate surface area is 256 Å². The van der Waals surface area contributed by atoms with Gasteiger partial charge < -0.3 is 14.6 Å². The van der Waals surface area contributed by atoms with Crippen molar-refractivity contribution < 1.29 is 19.4 Å². The van der Waals surface area contributed by atoms with Gasteiger partial charge in [0.15, 0.2) is 0 Å². The molecule has 0 heterocycles. The summed E-state index contributed by atoms with van der Waals surface area (Å²) in [5.41, 5.74) is 0. The fourth-order valence-corrected chi connectivity index (χ4v) is 5.40. The van der Waals surface area contributed by atoms with Gasteiger partial charge in [0.2, 0.25) is 0 Å². The van der Waals surface area contributed by atoms with Crippen molar-refractivity contribution in [1.82, 2.24) is 0 Å². The second kappa shape index (κ2) is 35.3. The molecule has 0 aliphatic rings. The first-order valence-corrected chi connectivity index (χ1v) is 18.3. The van der Waals surface area contributed by atoms with E-state index in [1.807, 2.05) is 6.08 Å². The van der Waals surface area contributed by atoms with Crippen LogP contribution in [-0.2, 0) is 14.3 Å². The lowest BCUT2D eigenvalue weighted by atomic mass is 10.0. The molecule has 1 N–H and O–H groups in total. The molecule has 0 amide bonds. The van der Waals surface area contributed by atoms with Crippen LogP contribution in [0.25, 0.3) is 0 Å². The van der Waals surface area contributed by atoms with Crippen LogP contribution in [0, 0.1) is 0 Å². The average Bonchev–Trinajstić information content (AvgIpc) is 2.98. The van der Waals surface area contributed by atoms with Crippen LogP contribution in [0.2, 0.25) is 0 Å². The Morgan fingerprint density at radius 1 is 0.561 bits per heavy atom. The Kier molecular flexibility index (Phi) is 34.6. The van der Waals surface area contributed by atoms with E-state index in [2.05, 4.69) is 13.8 Å². The van der Waals surface area contributed by atoms with Crippen molar-refractivity contribution in [2.75, 3.05) is 19.8 Å². The minimum absolute atomic E-state index is 0.197. The third kappa shape index (κ3) is 33.5.